The number of halogens is 2. The van der Waals surface area contributed by atoms with Gasteiger partial charge in [0.25, 0.3) is 5.91 Å². The van der Waals surface area contributed by atoms with Crippen LogP contribution in [-0.2, 0) is 7.05 Å². The SMILES string of the molecule is COc1ccc(-c2cc(NC(=O)c3c(C)nn(C)c3C)ccc2OC(F)F)cc1. The molecule has 152 valence electrons. The summed E-state index contributed by atoms with van der Waals surface area (Å²) < 4.78 is 37.1. The van der Waals surface area contributed by atoms with E-state index >= 15 is 0 Å². The van der Waals surface area contributed by atoms with Crippen LogP contribution in [0.3, 0.4) is 0 Å². The zero-order chi connectivity index (χ0) is 21.1. The Bertz CT molecular complexity index is 1030. The molecule has 3 aromatic rings. The molecule has 1 aromatic heterocycles. The van der Waals surface area contributed by atoms with Crippen molar-refractivity contribution in [1.82, 2.24) is 9.78 Å². The van der Waals surface area contributed by atoms with Gasteiger partial charge in [0.05, 0.1) is 18.4 Å². The molecule has 1 heterocycles. The topological polar surface area (TPSA) is 65.4 Å². The van der Waals surface area contributed by atoms with Crippen molar-refractivity contribution in [2.45, 2.75) is 20.5 Å². The summed E-state index contributed by atoms with van der Waals surface area (Å²) in [5, 5.41) is 7.05. The molecule has 0 saturated heterocycles. The summed E-state index contributed by atoms with van der Waals surface area (Å²) in [6.07, 6.45) is 0. The van der Waals surface area contributed by atoms with Crippen LogP contribution in [0.5, 0.6) is 11.5 Å². The largest absolute Gasteiger partial charge is 0.497 e. The van der Waals surface area contributed by atoms with Crippen molar-refractivity contribution in [3.8, 4) is 22.6 Å². The van der Waals surface area contributed by atoms with Gasteiger partial charge in [-0.1, -0.05) is 12.1 Å². The highest BCUT2D eigenvalue weighted by Crippen LogP contribution is 2.35. The number of amides is 1. The van der Waals surface area contributed by atoms with Crippen LogP contribution in [-0.4, -0.2) is 29.4 Å². The average Bonchev–Trinajstić information content (AvgIpc) is 2.94. The van der Waals surface area contributed by atoms with E-state index in [2.05, 4.69) is 15.2 Å². The monoisotopic (exact) mass is 401 g/mol. The van der Waals surface area contributed by atoms with Gasteiger partial charge in [-0.15, -0.1) is 0 Å². The number of carbonyl (C=O) groups excluding carboxylic acids is 1. The minimum absolute atomic E-state index is 0.0110. The maximum absolute atomic E-state index is 12.8. The number of rotatable bonds is 6. The van der Waals surface area contributed by atoms with Crippen molar-refractivity contribution in [2.24, 2.45) is 7.05 Å². The number of hydrogen-bond donors (Lipinski definition) is 1. The molecule has 6 nitrogen and oxygen atoms in total. The number of anilines is 1. The molecule has 0 saturated carbocycles. The maximum atomic E-state index is 12.8. The number of nitrogens with one attached hydrogen (secondary N) is 1. The Hall–Kier alpha value is -3.42. The van der Waals surface area contributed by atoms with Gasteiger partial charge in [0, 0.05) is 24.0 Å². The summed E-state index contributed by atoms with van der Waals surface area (Å²) in [5.41, 5.74) is 3.33. The van der Waals surface area contributed by atoms with E-state index in [1.807, 2.05) is 0 Å². The quantitative estimate of drug-likeness (QED) is 0.657. The minimum Gasteiger partial charge on any atom is -0.497 e. The molecule has 0 atom stereocenters. The number of benzene rings is 2. The molecule has 0 aliphatic rings. The number of carbonyl (C=O) groups is 1. The molecular formula is C21H21F2N3O3. The summed E-state index contributed by atoms with van der Waals surface area (Å²) in [6.45, 7) is 0.592. The predicted octanol–water partition coefficient (Wildman–Crippen LogP) is 4.57. The van der Waals surface area contributed by atoms with Crippen LogP contribution in [0.25, 0.3) is 11.1 Å². The standard InChI is InChI=1S/C21H21F2N3O3/c1-12-19(13(2)26(3)25-12)20(27)24-15-7-10-18(29-21(22)23)17(11-15)14-5-8-16(28-4)9-6-14/h5-11,21H,1-4H3,(H,24,27). The second kappa shape index (κ2) is 8.30. The van der Waals surface area contributed by atoms with Crippen molar-refractivity contribution < 1.29 is 23.0 Å². The molecule has 0 bridgehead atoms. The third-order valence-corrected chi connectivity index (χ3v) is 4.59. The highest BCUT2D eigenvalue weighted by Gasteiger charge is 2.19. The molecule has 3 rings (SSSR count). The zero-order valence-electron chi connectivity index (χ0n) is 16.5. The fraction of sp³-hybridized carbons (Fsp3) is 0.238. The van der Waals surface area contributed by atoms with Crippen molar-refractivity contribution in [3.63, 3.8) is 0 Å². The summed E-state index contributed by atoms with van der Waals surface area (Å²) in [4.78, 5) is 12.7. The van der Waals surface area contributed by atoms with Crippen molar-refractivity contribution in [3.05, 3.63) is 59.4 Å². The predicted molar refractivity (Wildman–Crippen MR) is 106 cm³/mol. The minimum atomic E-state index is -2.96. The Morgan fingerprint density at radius 2 is 1.83 bits per heavy atom. The first-order chi connectivity index (χ1) is 13.8. The molecule has 0 aliphatic heterocycles. The number of methoxy groups -OCH3 is 1. The highest BCUT2D eigenvalue weighted by atomic mass is 19.3. The van der Waals surface area contributed by atoms with Gasteiger partial charge < -0.3 is 14.8 Å². The van der Waals surface area contributed by atoms with E-state index in [0.717, 1.165) is 5.69 Å². The van der Waals surface area contributed by atoms with E-state index in [9.17, 15) is 13.6 Å². The Balaban J connectivity index is 1.96. The summed E-state index contributed by atoms with van der Waals surface area (Å²) in [6, 6.07) is 11.4. The second-order valence-corrected chi connectivity index (χ2v) is 6.44. The molecular weight excluding hydrogens is 380 g/mol. The fourth-order valence-electron chi connectivity index (χ4n) is 3.10. The lowest BCUT2D eigenvalue weighted by molar-refractivity contribution is -0.0494. The van der Waals surface area contributed by atoms with Gasteiger partial charge >= 0.3 is 6.61 Å². The van der Waals surface area contributed by atoms with Gasteiger partial charge in [0.15, 0.2) is 0 Å². The molecule has 2 aromatic carbocycles. The second-order valence-electron chi connectivity index (χ2n) is 6.44. The van der Waals surface area contributed by atoms with Gasteiger partial charge in [-0.3, -0.25) is 9.48 Å². The van der Waals surface area contributed by atoms with Gasteiger partial charge in [-0.25, -0.2) is 0 Å². The van der Waals surface area contributed by atoms with Crippen molar-refractivity contribution >= 4 is 11.6 Å². The highest BCUT2D eigenvalue weighted by molar-refractivity contribution is 6.06. The summed E-state index contributed by atoms with van der Waals surface area (Å²) in [5.74, 6) is 0.324. The zero-order valence-corrected chi connectivity index (χ0v) is 16.5. The molecule has 0 radical (unpaired) electrons. The number of hydrogen-bond acceptors (Lipinski definition) is 4. The van der Waals surface area contributed by atoms with E-state index in [1.165, 1.54) is 12.1 Å². The number of aromatic nitrogens is 2. The van der Waals surface area contributed by atoms with E-state index in [4.69, 9.17) is 4.74 Å². The first-order valence-electron chi connectivity index (χ1n) is 8.85. The first-order valence-corrected chi connectivity index (χ1v) is 8.85. The van der Waals surface area contributed by atoms with E-state index in [-0.39, 0.29) is 11.7 Å². The van der Waals surface area contributed by atoms with Crippen LogP contribution in [0.15, 0.2) is 42.5 Å². The summed E-state index contributed by atoms with van der Waals surface area (Å²) >= 11 is 0. The average molecular weight is 401 g/mol. The van der Waals surface area contributed by atoms with Crippen LogP contribution in [0, 0.1) is 13.8 Å². The van der Waals surface area contributed by atoms with Crippen LogP contribution < -0.4 is 14.8 Å². The van der Waals surface area contributed by atoms with E-state index in [1.54, 1.807) is 63.0 Å². The number of nitrogens with zero attached hydrogens (tertiary/aromatic N) is 2. The Kier molecular flexibility index (Phi) is 5.81. The van der Waals surface area contributed by atoms with Gasteiger partial charge in [0.1, 0.15) is 11.5 Å². The lowest BCUT2D eigenvalue weighted by Crippen LogP contribution is -2.14. The lowest BCUT2D eigenvalue weighted by Gasteiger charge is -2.14. The van der Waals surface area contributed by atoms with Crippen molar-refractivity contribution in [1.29, 1.82) is 0 Å². The van der Waals surface area contributed by atoms with E-state index < -0.39 is 6.61 Å². The number of aryl methyl sites for hydroxylation is 2. The molecule has 1 N–H and O–H groups in total. The van der Waals surface area contributed by atoms with Crippen LogP contribution in [0.4, 0.5) is 14.5 Å². The maximum Gasteiger partial charge on any atom is 0.387 e. The lowest BCUT2D eigenvalue weighted by atomic mass is 10.0. The smallest absolute Gasteiger partial charge is 0.387 e. The van der Waals surface area contributed by atoms with Crippen molar-refractivity contribution in [2.75, 3.05) is 12.4 Å². The van der Waals surface area contributed by atoms with Crippen LogP contribution in [0.2, 0.25) is 0 Å². The van der Waals surface area contributed by atoms with Gasteiger partial charge in [-0.05, 0) is 49.7 Å². The van der Waals surface area contributed by atoms with Gasteiger partial charge in [-0.2, -0.15) is 13.9 Å². The molecule has 8 heteroatoms. The van der Waals surface area contributed by atoms with E-state index in [0.29, 0.717) is 33.8 Å². The molecule has 29 heavy (non-hydrogen) atoms. The molecule has 1 amide bonds. The normalized spacial score (nSPS) is 10.9. The Morgan fingerprint density at radius 1 is 1.14 bits per heavy atom. The Morgan fingerprint density at radius 3 is 2.38 bits per heavy atom. The molecule has 0 spiro atoms. The van der Waals surface area contributed by atoms with Crippen LogP contribution in [0.1, 0.15) is 21.7 Å². The van der Waals surface area contributed by atoms with Crippen LogP contribution >= 0.6 is 0 Å². The summed E-state index contributed by atoms with van der Waals surface area (Å²) in [7, 11) is 3.30. The first kappa shape index (κ1) is 20.3. The third kappa shape index (κ3) is 4.37. The number of ether oxygens (including phenoxy) is 2. The fourth-order valence-corrected chi connectivity index (χ4v) is 3.10. The molecule has 0 unspecified atom stereocenters. The number of alkyl halides is 2. The Labute approximate surface area is 167 Å². The third-order valence-electron chi connectivity index (χ3n) is 4.59. The molecule has 0 aliphatic carbocycles. The molecule has 0 fully saturated rings. The van der Waals surface area contributed by atoms with Gasteiger partial charge in [0.2, 0.25) is 0 Å².